The molecule has 2 bridgehead atoms. The van der Waals surface area contributed by atoms with Crippen LogP contribution in [0, 0.1) is 11.8 Å². The van der Waals surface area contributed by atoms with Gasteiger partial charge in [-0.1, -0.05) is 0 Å². The Balaban J connectivity index is 1.58. The van der Waals surface area contributed by atoms with Crippen molar-refractivity contribution in [1.29, 1.82) is 0 Å². The highest BCUT2D eigenvalue weighted by Crippen LogP contribution is 2.45. The van der Waals surface area contributed by atoms with Gasteiger partial charge in [0.25, 0.3) is 0 Å². The van der Waals surface area contributed by atoms with E-state index >= 15 is 0 Å². The second-order valence-electron chi connectivity index (χ2n) is 7.52. The monoisotopic (exact) mass is 331 g/mol. The zero-order valence-corrected chi connectivity index (χ0v) is 14.4. The average molecular weight is 332 g/mol. The lowest BCUT2D eigenvalue weighted by Gasteiger charge is -2.56. The van der Waals surface area contributed by atoms with Gasteiger partial charge in [0, 0.05) is 29.0 Å². The molecule has 4 heteroatoms. The summed E-state index contributed by atoms with van der Waals surface area (Å²) in [6.45, 7) is 6.97. The number of piperidine rings is 3. The molecule has 3 aliphatic heterocycles. The van der Waals surface area contributed by atoms with Crippen molar-refractivity contribution in [3.8, 4) is 0 Å². The van der Waals surface area contributed by atoms with Crippen LogP contribution in [-0.4, -0.2) is 29.3 Å². The van der Waals surface area contributed by atoms with Gasteiger partial charge in [-0.25, -0.2) is 0 Å². The summed E-state index contributed by atoms with van der Waals surface area (Å²) in [5, 5.41) is 1.26. The predicted molar refractivity (Wildman–Crippen MR) is 92.0 cm³/mol. The predicted octanol–water partition coefficient (Wildman–Crippen LogP) is 4.78. The minimum Gasteiger partial charge on any atom is -0.445 e. The Morgan fingerprint density at radius 2 is 2.04 bits per heavy atom. The topological polar surface area (TPSA) is 33.5 Å². The third-order valence-corrected chi connectivity index (χ3v) is 6.23. The van der Waals surface area contributed by atoms with Crippen molar-refractivity contribution in [3.63, 3.8) is 0 Å². The van der Waals surface area contributed by atoms with Crippen molar-refractivity contribution >= 4 is 28.4 Å². The van der Waals surface area contributed by atoms with E-state index in [-0.39, 0.29) is 11.3 Å². The molecular weight excluding hydrogens is 310 g/mol. The lowest BCUT2D eigenvalue weighted by molar-refractivity contribution is -0.0643. The summed E-state index contributed by atoms with van der Waals surface area (Å²) in [6, 6.07) is 7.38. The van der Waals surface area contributed by atoms with Crippen LogP contribution in [-0.2, 0) is 0 Å². The van der Waals surface area contributed by atoms with Crippen LogP contribution in [0.2, 0.25) is 5.22 Å². The van der Waals surface area contributed by atoms with E-state index in [4.69, 9.17) is 16.0 Å². The van der Waals surface area contributed by atoms with Gasteiger partial charge in [0.05, 0.1) is 0 Å². The quantitative estimate of drug-likeness (QED) is 0.759. The number of hydrogen-bond donors (Lipinski definition) is 0. The molecule has 1 aromatic heterocycles. The zero-order valence-electron chi connectivity index (χ0n) is 13.6. The molecule has 122 valence electrons. The minimum absolute atomic E-state index is 0.125. The Hall–Kier alpha value is -1.32. The largest absolute Gasteiger partial charge is 0.445 e. The number of fused-ring (bicyclic) bond motifs is 4. The van der Waals surface area contributed by atoms with Gasteiger partial charge in [-0.2, -0.15) is 0 Å². The van der Waals surface area contributed by atoms with E-state index in [0.717, 1.165) is 16.5 Å². The Labute approximate surface area is 141 Å². The third-order valence-electron chi connectivity index (χ3n) is 6.04. The Morgan fingerprint density at radius 1 is 1.30 bits per heavy atom. The SMILES string of the molecule is CC1(C)[C@H](CC(=O)c2ccc3oc(Cl)cc3c2)C2CCN1CC2. The molecule has 0 saturated carbocycles. The molecule has 3 saturated heterocycles. The molecule has 3 fully saturated rings. The van der Waals surface area contributed by atoms with E-state index in [1.165, 1.54) is 25.9 Å². The van der Waals surface area contributed by atoms with Crippen molar-refractivity contribution in [2.24, 2.45) is 11.8 Å². The molecule has 0 spiro atoms. The molecule has 2 aromatic rings. The summed E-state index contributed by atoms with van der Waals surface area (Å²) >= 11 is 5.89. The van der Waals surface area contributed by atoms with Crippen LogP contribution in [0.1, 0.15) is 43.5 Å². The molecule has 1 aromatic carbocycles. The maximum Gasteiger partial charge on any atom is 0.194 e. The Morgan fingerprint density at radius 3 is 2.74 bits per heavy atom. The highest BCUT2D eigenvalue weighted by atomic mass is 35.5. The fourth-order valence-electron chi connectivity index (χ4n) is 4.61. The summed E-state index contributed by atoms with van der Waals surface area (Å²) in [7, 11) is 0. The fraction of sp³-hybridized carbons (Fsp3) is 0.526. The van der Waals surface area contributed by atoms with Crippen LogP contribution in [0.3, 0.4) is 0 Å². The normalized spacial score (nSPS) is 29.1. The number of carbonyl (C=O) groups is 1. The second-order valence-corrected chi connectivity index (χ2v) is 7.89. The van der Waals surface area contributed by atoms with Gasteiger partial charge in [0.1, 0.15) is 5.58 Å². The lowest BCUT2D eigenvalue weighted by Crippen LogP contribution is -2.61. The lowest BCUT2D eigenvalue weighted by atomic mass is 9.65. The van der Waals surface area contributed by atoms with Gasteiger partial charge in [-0.05, 0) is 81.4 Å². The summed E-state index contributed by atoms with van der Waals surface area (Å²) < 4.78 is 5.37. The Kier molecular flexibility index (Phi) is 3.54. The van der Waals surface area contributed by atoms with E-state index in [0.29, 0.717) is 23.5 Å². The van der Waals surface area contributed by atoms with Crippen molar-refractivity contribution < 1.29 is 9.21 Å². The molecule has 4 heterocycles. The van der Waals surface area contributed by atoms with Crippen molar-refractivity contribution in [2.45, 2.75) is 38.6 Å². The number of hydrogen-bond acceptors (Lipinski definition) is 3. The first kappa shape index (κ1) is 15.2. The highest BCUT2D eigenvalue weighted by molar-refractivity contribution is 6.29. The van der Waals surface area contributed by atoms with E-state index < -0.39 is 0 Å². The number of benzene rings is 1. The van der Waals surface area contributed by atoms with Crippen LogP contribution in [0.25, 0.3) is 11.0 Å². The summed E-state index contributed by atoms with van der Waals surface area (Å²) in [5.74, 6) is 1.36. The maximum atomic E-state index is 12.8. The summed E-state index contributed by atoms with van der Waals surface area (Å²) in [6.07, 6.45) is 3.10. The summed E-state index contributed by atoms with van der Waals surface area (Å²) in [5.41, 5.74) is 1.62. The maximum absolute atomic E-state index is 12.8. The number of rotatable bonds is 3. The smallest absolute Gasteiger partial charge is 0.194 e. The first-order valence-electron chi connectivity index (χ1n) is 8.42. The molecule has 0 unspecified atom stereocenters. The van der Waals surface area contributed by atoms with Gasteiger partial charge < -0.3 is 4.42 Å². The molecule has 0 N–H and O–H groups in total. The van der Waals surface area contributed by atoms with E-state index in [1.807, 2.05) is 18.2 Å². The first-order valence-corrected chi connectivity index (χ1v) is 8.80. The van der Waals surface area contributed by atoms with Crippen molar-refractivity contribution in [3.05, 3.63) is 35.0 Å². The molecule has 0 aliphatic carbocycles. The molecular formula is C19H22ClNO2. The molecule has 5 rings (SSSR count). The van der Waals surface area contributed by atoms with Gasteiger partial charge in [0.2, 0.25) is 0 Å². The second kappa shape index (κ2) is 5.35. The number of furan rings is 1. The van der Waals surface area contributed by atoms with Gasteiger partial charge in [-0.15, -0.1) is 0 Å². The first-order chi connectivity index (χ1) is 10.9. The number of halogens is 1. The Bertz CT molecular complexity index is 756. The van der Waals surface area contributed by atoms with Crippen LogP contribution < -0.4 is 0 Å². The molecule has 0 radical (unpaired) electrons. The number of ketones is 1. The molecule has 3 aliphatic rings. The van der Waals surface area contributed by atoms with Crippen molar-refractivity contribution in [1.82, 2.24) is 4.90 Å². The third kappa shape index (κ3) is 2.50. The van der Waals surface area contributed by atoms with Crippen molar-refractivity contribution in [2.75, 3.05) is 13.1 Å². The summed E-state index contributed by atoms with van der Waals surface area (Å²) in [4.78, 5) is 15.4. The average Bonchev–Trinajstić information content (AvgIpc) is 2.90. The number of nitrogens with zero attached hydrogens (tertiary/aromatic N) is 1. The van der Waals surface area contributed by atoms with E-state index in [1.54, 1.807) is 6.07 Å². The van der Waals surface area contributed by atoms with E-state index in [9.17, 15) is 4.79 Å². The molecule has 23 heavy (non-hydrogen) atoms. The van der Waals surface area contributed by atoms with Crippen LogP contribution >= 0.6 is 11.6 Å². The van der Waals surface area contributed by atoms with Crippen LogP contribution in [0.4, 0.5) is 0 Å². The number of Topliss-reactive ketones (excluding diaryl/α,β-unsaturated/α-hetero) is 1. The van der Waals surface area contributed by atoms with E-state index in [2.05, 4.69) is 18.7 Å². The van der Waals surface area contributed by atoms with Crippen LogP contribution in [0.5, 0.6) is 0 Å². The highest BCUT2D eigenvalue weighted by Gasteiger charge is 2.47. The van der Waals surface area contributed by atoms with Gasteiger partial charge in [-0.3, -0.25) is 9.69 Å². The standard InChI is InChI=1S/C19H22ClNO2/c1-19(2)15(12-5-7-21(19)8-6-12)11-16(22)13-3-4-17-14(9-13)10-18(20)23-17/h3-4,9-10,12,15H,5-8,11H2,1-2H3/t15-/m1/s1. The van der Waals surface area contributed by atoms with Gasteiger partial charge in [0.15, 0.2) is 11.0 Å². The minimum atomic E-state index is 0.125. The van der Waals surface area contributed by atoms with Crippen LogP contribution in [0.15, 0.2) is 28.7 Å². The molecule has 3 nitrogen and oxygen atoms in total. The van der Waals surface area contributed by atoms with Gasteiger partial charge >= 0.3 is 0 Å². The number of carbonyl (C=O) groups excluding carboxylic acids is 1. The molecule has 1 atom stereocenters. The fourth-order valence-corrected chi connectivity index (χ4v) is 4.81. The molecule has 0 amide bonds. The zero-order chi connectivity index (χ0) is 16.2.